The maximum atomic E-state index is 11.3. The largest absolute Gasteiger partial charge is 0.461 e. The van der Waals surface area contributed by atoms with Crippen LogP contribution >= 0.6 is 11.6 Å². The summed E-state index contributed by atoms with van der Waals surface area (Å²) < 4.78 is 4.73. The monoisotopic (exact) mass is 241 g/mol. The van der Waals surface area contributed by atoms with Gasteiger partial charge in [0, 0.05) is 11.4 Å². The van der Waals surface area contributed by atoms with Gasteiger partial charge < -0.3 is 9.94 Å². The molecule has 0 bridgehead atoms. The third kappa shape index (κ3) is 3.24. The average molecular weight is 242 g/mol. The molecule has 0 aliphatic carbocycles. The van der Waals surface area contributed by atoms with Crippen molar-refractivity contribution in [1.82, 2.24) is 0 Å². The van der Waals surface area contributed by atoms with Crippen LogP contribution in [-0.2, 0) is 16.0 Å². The standard InChI is InChI=1S/C11H12ClNO3/c1-2-16-11(14)10(13-15)7-8-5-3-4-6-9(8)12/h3-6,15H,2,7H2,1H3. The number of hydrogen-bond acceptors (Lipinski definition) is 4. The number of halogens is 1. The number of esters is 1. The first-order chi connectivity index (χ1) is 7.69. The van der Waals surface area contributed by atoms with E-state index in [1.54, 1.807) is 31.2 Å². The van der Waals surface area contributed by atoms with Crippen molar-refractivity contribution in [2.45, 2.75) is 13.3 Å². The molecule has 0 heterocycles. The van der Waals surface area contributed by atoms with Gasteiger partial charge in [0.25, 0.3) is 0 Å². The summed E-state index contributed by atoms with van der Waals surface area (Å²) in [5.41, 5.74) is 0.653. The van der Waals surface area contributed by atoms with E-state index in [1.807, 2.05) is 0 Å². The third-order valence-corrected chi connectivity index (χ3v) is 2.32. The number of benzene rings is 1. The highest BCUT2D eigenvalue weighted by molar-refractivity contribution is 6.37. The number of ether oxygens (including phenoxy) is 1. The lowest BCUT2D eigenvalue weighted by Gasteiger charge is -2.05. The van der Waals surface area contributed by atoms with Crippen molar-refractivity contribution in [2.75, 3.05) is 6.61 Å². The predicted octanol–water partition coefficient (Wildman–Crippen LogP) is 2.28. The summed E-state index contributed by atoms with van der Waals surface area (Å²) in [6.07, 6.45) is 0.148. The van der Waals surface area contributed by atoms with Crippen molar-refractivity contribution in [3.05, 3.63) is 34.9 Å². The highest BCUT2D eigenvalue weighted by atomic mass is 35.5. The molecule has 0 saturated carbocycles. The Balaban J connectivity index is 2.79. The minimum atomic E-state index is -0.634. The van der Waals surface area contributed by atoms with Crippen molar-refractivity contribution in [2.24, 2.45) is 5.16 Å². The number of oxime groups is 1. The van der Waals surface area contributed by atoms with Gasteiger partial charge in [-0.3, -0.25) is 0 Å². The van der Waals surface area contributed by atoms with Crippen LogP contribution in [0.5, 0.6) is 0 Å². The van der Waals surface area contributed by atoms with Crippen LogP contribution < -0.4 is 0 Å². The van der Waals surface area contributed by atoms with E-state index in [1.165, 1.54) is 0 Å². The Morgan fingerprint density at radius 3 is 2.75 bits per heavy atom. The van der Waals surface area contributed by atoms with Crippen LogP contribution in [0.25, 0.3) is 0 Å². The lowest BCUT2D eigenvalue weighted by atomic mass is 10.1. The van der Waals surface area contributed by atoms with Gasteiger partial charge in [-0.25, -0.2) is 4.79 Å². The highest BCUT2D eigenvalue weighted by Gasteiger charge is 2.15. The van der Waals surface area contributed by atoms with Crippen molar-refractivity contribution < 1.29 is 14.7 Å². The molecule has 0 fully saturated rings. The minimum Gasteiger partial charge on any atom is -0.461 e. The number of rotatable bonds is 4. The summed E-state index contributed by atoms with van der Waals surface area (Å²) in [6.45, 7) is 1.92. The molecule has 1 rings (SSSR count). The zero-order valence-corrected chi connectivity index (χ0v) is 9.57. The third-order valence-electron chi connectivity index (χ3n) is 1.95. The van der Waals surface area contributed by atoms with Gasteiger partial charge in [0.1, 0.15) is 0 Å². The van der Waals surface area contributed by atoms with Crippen LogP contribution in [0.1, 0.15) is 12.5 Å². The Morgan fingerprint density at radius 2 is 2.19 bits per heavy atom. The molecule has 1 aromatic rings. The zero-order chi connectivity index (χ0) is 12.0. The van der Waals surface area contributed by atoms with Gasteiger partial charge >= 0.3 is 5.97 Å². The van der Waals surface area contributed by atoms with E-state index in [4.69, 9.17) is 21.5 Å². The molecule has 0 aliphatic heterocycles. The van der Waals surface area contributed by atoms with E-state index in [2.05, 4.69) is 5.16 Å². The second-order valence-corrected chi connectivity index (χ2v) is 3.44. The Labute approximate surface area is 98.5 Å². The molecular formula is C11H12ClNO3. The number of carbonyl (C=O) groups is 1. The van der Waals surface area contributed by atoms with Crippen LogP contribution in [0.15, 0.2) is 29.4 Å². The van der Waals surface area contributed by atoms with Crippen molar-refractivity contribution in [3.8, 4) is 0 Å². The fraction of sp³-hybridized carbons (Fsp3) is 0.273. The molecule has 4 nitrogen and oxygen atoms in total. The maximum absolute atomic E-state index is 11.3. The van der Waals surface area contributed by atoms with Crippen LogP contribution in [0.2, 0.25) is 5.02 Å². The van der Waals surface area contributed by atoms with Crippen molar-refractivity contribution in [3.63, 3.8) is 0 Å². The fourth-order valence-electron chi connectivity index (χ4n) is 1.18. The molecule has 1 N–H and O–H groups in total. The Bertz CT molecular complexity index is 404. The van der Waals surface area contributed by atoms with E-state index in [9.17, 15) is 4.79 Å². The molecule has 0 amide bonds. The molecule has 0 aliphatic rings. The molecule has 0 unspecified atom stereocenters. The SMILES string of the molecule is CCOC(=O)C(Cc1ccccc1Cl)=NO. The molecule has 0 radical (unpaired) electrons. The summed E-state index contributed by atoms with van der Waals surface area (Å²) in [4.78, 5) is 11.3. The summed E-state index contributed by atoms with van der Waals surface area (Å²) >= 11 is 5.92. The minimum absolute atomic E-state index is 0.0602. The Morgan fingerprint density at radius 1 is 1.50 bits per heavy atom. The van der Waals surface area contributed by atoms with Gasteiger partial charge in [0.05, 0.1) is 6.61 Å². The van der Waals surface area contributed by atoms with Crippen molar-refractivity contribution in [1.29, 1.82) is 0 Å². The highest BCUT2D eigenvalue weighted by Crippen LogP contribution is 2.16. The van der Waals surface area contributed by atoms with Crippen LogP contribution in [0.4, 0.5) is 0 Å². The van der Waals surface area contributed by atoms with Crippen LogP contribution in [0.3, 0.4) is 0 Å². The predicted molar refractivity (Wildman–Crippen MR) is 61.0 cm³/mol. The quantitative estimate of drug-likeness (QED) is 0.381. The number of carbonyl (C=O) groups excluding carboxylic acids is 1. The molecule has 1 aromatic carbocycles. The van der Waals surface area contributed by atoms with Crippen LogP contribution in [-0.4, -0.2) is 23.5 Å². The summed E-state index contributed by atoms with van der Waals surface area (Å²) in [7, 11) is 0. The summed E-state index contributed by atoms with van der Waals surface area (Å²) in [5.74, 6) is -0.634. The number of nitrogens with zero attached hydrogens (tertiary/aromatic N) is 1. The van der Waals surface area contributed by atoms with Gasteiger partial charge in [-0.15, -0.1) is 0 Å². The lowest BCUT2D eigenvalue weighted by molar-refractivity contribution is -0.135. The topological polar surface area (TPSA) is 58.9 Å². The van der Waals surface area contributed by atoms with E-state index < -0.39 is 5.97 Å². The van der Waals surface area contributed by atoms with E-state index in [-0.39, 0.29) is 18.7 Å². The van der Waals surface area contributed by atoms with Gasteiger partial charge in [-0.05, 0) is 18.6 Å². The van der Waals surface area contributed by atoms with Gasteiger partial charge in [0.2, 0.25) is 0 Å². The Hall–Kier alpha value is -1.55. The normalized spacial score (nSPS) is 11.2. The first-order valence-electron chi connectivity index (χ1n) is 4.80. The summed E-state index contributed by atoms with van der Waals surface area (Å²) in [6, 6.07) is 7.04. The number of hydrogen-bond donors (Lipinski definition) is 1. The first kappa shape index (κ1) is 12.5. The molecular weight excluding hydrogens is 230 g/mol. The maximum Gasteiger partial charge on any atom is 0.356 e. The van der Waals surface area contributed by atoms with E-state index in [0.29, 0.717) is 10.6 Å². The molecule has 5 heteroatoms. The van der Waals surface area contributed by atoms with Gasteiger partial charge in [-0.2, -0.15) is 0 Å². The van der Waals surface area contributed by atoms with Gasteiger partial charge in [-0.1, -0.05) is 35.0 Å². The van der Waals surface area contributed by atoms with Crippen LogP contribution in [0, 0.1) is 0 Å². The van der Waals surface area contributed by atoms with Crippen molar-refractivity contribution >= 4 is 23.3 Å². The smallest absolute Gasteiger partial charge is 0.356 e. The first-order valence-corrected chi connectivity index (χ1v) is 5.18. The summed E-state index contributed by atoms with van der Waals surface area (Å²) in [5, 5.41) is 12.2. The van der Waals surface area contributed by atoms with Gasteiger partial charge in [0.15, 0.2) is 5.71 Å². The zero-order valence-electron chi connectivity index (χ0n) is 8.81. The van der Waals surface area contributed by atoms with E-state index >= 15 is 0 Å². The molecule has 0 spiro atoms. The molecule has 16 heavy (non-hydrogen) atoms. The molecule has 0 aromatic heterocycles. The second kappa shape index (κ2) is 6.12. The fourth-order valence-corrected chi connectivity index (χ4v) is 1.39. The molecule has 0 atom stereocenters. The second-order valence-electron chi connectivity index (χ2n) is 3.04. The lowest BCUT2D eigenvalue weighted by Crippen LogP contribution is -2.20. The van der Waals surface area contributed by atoms with E-state index in [0.717, 1.165) is 0 Å². The molecule has 0 saturated heterocycles. The molecule has 86 valence electrons. The average Bonchev–Trinajstić information content (AvgIpc) is 2.28. The Kier molecular flexibility index (Phi) is 4.79.